The summed E-state index contributed by atoms with van der Waals surface area (Å²) in [6.07, 6.45) is 23.9. The van der Waals surface area contributed by atoms with Crippen molar-refractivity contribution < 1.29 is 14.2 Å². The van der Waals surface area contributed by atoms with E-state index < -0.39 is 0 Å². The number of anilines is 3. The molecule has 0 radical (unpaired) electrons. The van der Waals surface area contributed by atoms with Gasteiger partial charge in [-0.25, -0.2) is 0 Å². The molecule has 6 nitrogen and oxygen atoms in total. The molecule has 12 aliphatic carbocycles. The maximum Gasteiger partial charge on any atom is 0.213 e. The highest BCUT2D eigenvalue weighted by Crippen LogP contribution is 2.73. The van der Waals surface area contributed by atoms with Crippen molar-refractivity contribution in [3.05, 3.63) is 88.0 Å². The SMILES string of the molecule is Cc1c(N)cccc1Oc1c(Oc2cccc(N)c2C)c(C23CC4CC(CC(C4)C2)C3)c(C23CC4CC(CC(C4)C2)C3)c(C23CC4CC(CC(C4)C2)C3)c1Oc1cccc(N)c1C. The van der Waals surface area contributed by atoms with Crippen LogP contribution in [0.1, 0.15) is 149 Å². The summed E-state index contributed by atoms with van der Waals surface area (Å²) in [5, 5.41) is 0. The molecule has 12 aliphatic rings. The van der Waals surface area contributed by atoms with E-state index in [9.17, 15) is 0 Å². The van der Waals surface area contributed by atoms with E-state index in [4.69, 9.17) is 31.4 Å². The molecule has 12 saturated carbocycles. The summed E-state index contributed by atoms with van der Waals surface area (Å²) < 4.78 is 23.4. The molecule has 63 heavy (non-hydrogen) atoms. The summed E-state index contributed by atoms with van der Waals surface area (Å²) in [7, 11) is 0. The van der Waals surface area contributed by atoms with Gasteiger partial charge in [-0.2, -0.15) is 0 Å². The van der Waals surface area contributed by atoms with E-state index in [0.717, 1.165) is 122 Å². The van der Waals surface area contributed by atoms with Gasteiger partial charge < -0.3 is 31.4 Å². The summed E-state index contributed by atoms with van der Waals surface area (Å²) in [4.78, 5) is 0. The Bertz CT molecular complexity index is 2310. The minimum absolute atomic E-state index is 0.00249. The Kier molecular flexibility index (Phi) is 8.59. The van der Waals surface area contributed by atoms with Crippen LogP contribution in [0.2, 0.25) is 0 Å². The van der Waals surface area contributed by atoms with Crippen LogP contribution in [-0.2, 0) is 16.2 Å². The van der Waals surface area contributed by atoms with Crippen molar-refractivity contribution in [3.8, 4) is 34.5 Å². The van der Waals surface area contributed by atoms with E-state index in [2.05, 4.69) is 51.1 Å². The number of rotatable bonds is 9. The Labute approximate surface area is 375 Å². The fraction of sp³-hybridized carbons (Fsp3) is 0.579. The van der Waals surface area contributed by atoms with E-state index in [1.54, 1.807) is 5.56 Å². The summed E-state index contributed by atoms with van der Waals surface area (Å²) in [6.45, 7) is 6.34. The largest absolute Gasteiger partial charge is 0.453 e. The zero-order valence-corrected chi connectivity index (χ0v) is 38.1. The monoisotopic (exact) mass is 844 g/mol. The van der Waals surface area contributed by atoms with Crippen LogP contribution in [-0.4, -0.2) is 0 Å². The second kappa shape index (κ2) is 13.8. The quantitative estimate of drug-likeness (QED) is 0.145. The Morgan fingerprint density at radius 1 is 0.349 bits per heavy atom. The van der Waals surface area contributed by atoms with E-state index in [1.165, 1.54) is 127 Å². The van der Waals surface area contributed by atoms with Crippen LogP contribution in [0.4, 0.5) is 17.1 Å². The molecule has 0 unspecified atom stereocenters. The van der Waals surface area contributed by atoms with E-state index in [1.807, 2.05) is 24.3 Å². The van der Waals surface area contributed by atoms with Crippen molar-refractivity contribution in [1.29, 1.82) is 0 Å². The lowest BCUT2D eigenvalue weighted by Crippen LogP contribution is -2.55. The zero-order valence-electron chi connectivity index (χ0n) is 38.1. The first-order valence-electron chi connectivity index (χ1n) is 25.3. The molecule has 0 aliphatic heterocycles. The van der Waals surface area contributed by atoms with E-state index in [-0.39, 0.29) is 16.2 Å². The molecule has 0 atom stereocenters. The van der Waals surface area contributed by atoms with Gasteiger partial charge in [0.05, 0.1) is 0 Å². The molecular weight excluding hydrogens is 775 g/mol. The van der Waals surface area contributed by atoms with Gasteiger partial charge in [0.25, 0.3) is 0 Å². The minimum atomic E-state index is 0.00249. The van der Waals surface area contributed by atoms with Crippen LogP contribution in [0.5, 0.6) is 34.5 Å². The molecular formula is C57H69N3O3. The number of hydrogen-bond donors (Lipinski definition) is 3. The molecule has 6 N–H and O–H groups in total. The lowest BCUT2D eigenvalue weighted by Gasteiger charge is -2.63. The Balaban J connectivity index is 1.20. The predicted octanol–water partition coefficient (Wildman–Crippen LogP) is 14.1. The van der Waals surface area contributed by atoms with Crippen molar-refractivity contribution in [2.24, 2.45) is 53.3 Å². The van der Waals surface area contributed by atoms with Gasteiger partial charge in [-0.15, -0.1) is 0 Å². The van der Waals surface area contributed by atoms with Gasteiger partial charge in [-0.3, -0.25) is 0 Å². The standard InChI is InChI=1S/C57H69N3O3/c1-31-43(58)7-4-10-46(31)61-52-50(56-25-37-16-38(26-56)18-39(17-37)27-56)49(55-22-34-13-35(23-55)15-36(14-34)24-55)51(57-28-40-19-41(29-57)21-42(20-40)30-57)53(62-47-11-5-8-44(59)32(47)2)54(52)63-48-12-6-9-45(60)33(48)3/h4-12,34-42H,13-30,58-60H2,1-3H3. The molecule has 12 fully saturated rings. The summed E-state index contributed by atoms with van der Waals surface area (Å²) in [6, 6.07) is 18.5. The highest BCUT2D eigenvalue weighted by atomic mass is 16.5. The van der Waals surface area contributed by atoms with Crippen molar-refractivity contribution >= 4 is 17.1 Å². The predicted molar refractivity (Wildman–Crippen MR) is 253 cm³/mol. The van der Waals surface area contributed by atoms with Crippen molar-refractivity contribution in [2.45, 2.75) is 153 Å². The van der Waals surface area contributed by atoms with Gasteiger partial charge in [0, 0.05) is 55.7 Å². The molecule has 0 saturated heterocycles. The lowest BCUT2D eigenvalue weighted by molar-refractivity contribution is -0.0255. The summed E-state index contributed by atoms with van der Waals surface area (Å²) >= 11 is 0. The van der Waals surface area contributed by atoms with Crippen LogP contribution in [0.15, 0.2) is 54.6 Å². The van der Waals surface area contributed by atoms with Crippen LogP contribution >= 0.6 is 0 Å². The molecule has 4 aromatic rings. The third-order valence-electron chi connectivity index (χ3n) is 19.7. The minimum Gasteiger partial charge on any atom is -0.453 e. The third kappa shape index (κ3) is 6.00. The molecule has 6 heteroatoms. The molecule has 4 aromatic carbocycles. The Hall–Kier alpha value is -4.32. The Morgan fingerprint density at radius 2 is 0.587 bits per heavy atom. The van der Waals surface area contributed by atoms with Crippen LogP contribution < -0.4 is 31.4 Å². The highest BCUT2D eigenvalue weighted by molar-refractivity contribution is 5.74. The van der Waals surface area contributed by atoms with Crippen LogP contribution in [0, 0.1) is 74.0 Å². The normalized spacial score (nSPS) is 37.5. The zero-order chi connectivity index (χ0) is 42.6. The van der Waals surface area contributed by atoms with Gasteiger partial charge in [-0.1, -0.05) is 18.2 Å². The van der Waals surface area contributed by atoms with Gasteiger partial charge >= 0.3 is 0 Å². The molecule has 0 aromatic heterocycles. The van der Waals surface area contributed by atoms with Gasteiger partial charge in [-0.05, 0) is 237 Å². The second-order valence-corrected chi connectivity index (χ2v) is 23.9. The second-order valence-electron chi connectivity index (χ2n) is 23.9. The maximum atomic E-state index is 7.85. The molecule has 330 valence electrons. The number of ether oxygens (including phenoxy) is 3. The van der Waals surface area contributed by atoms with Crippen molar-refractivity contribution in [3.63, 3.8) is 0 Å². The number of nitrogens with two attached hydrogens (primary N) is 3. The average Bonchev–Trinajstić information content (AvgIpc) is 3.22. The number of benzene rings is 4. The molecule has 16 rings (SSSR count). The van der Waals surface area contributed by atoms with Crippen molar-refractivity contribution in [1.82, 2.24) is 0 Å². The fourth-order valence-corrected chi connectivity index (χ4v) is 18.3. The van der Waals surface area contributed by atoms with Crippen LogP contribution in [0.3, 0.4) is 0 Å². The third-order valence-corrected chi connectivity index (χ3v) is 19.7. The first-order chi connectivity index (χ1) is 30.4. The number of hydrogen-bond acceptors (Lipinski definition) is 6. The Morgan fingerprint density at radius 3 is 0.857 bits per heavy atom. The lowest BCUT2D eigenvalue weighted by atomic mass is 9.41. The smallest absolute Gasteiger partial charge is 0.213 e. The number of nitrogen functional groups attached to an aromatic ring is 3. The first-order valence-corrected chi connectivity index (χ1v) is 25.3. The van der Waals surface area contributed by atoms with E-state index in [0.29, 0.717) is 0 Å². The van der Waals surface area contributed by atoms with Crippen molar-refractivity contribution in [2.75, 3.05) is 17.2 Å². The van der Waals surface area contributed by atoms with Crippen LogP contribution in [0.25, 0.3) is 0 Å². The van der Waals surface area contributed by atoms with Gasteiger partial charge in [0.1, 0.15) is 17.2 Å². The topological polar surface area (TPSA) is 106 Å². The van der Waals surface area contributed by atoms with E-state index >= 15 is 0 Å². The van der Waals surface area contributed by atoms with Gasteiger partial charge in [0.15, 0.2) is 11.5 Å². The molecule has 0 heterocycles. The maximum absolute atomic E-state index is 7.85. The highest BCUT2D eigenvalue weighted by Gasteiger charge is 2.62. The summed E-state index contributed by atoms with van der Waals surface area (Å²) in [5.41, 5.74) is 30.3. The fourth-order valence-electron chi connectivity index (χ4n) is 18.3. The molecule has 12 bridgehead atoms. The average molecular weight is 844 g/mol. The van der Waals surface area contributed by atoms with Gasteiger partial charge in [0.2, 0.25) is 5.75 Å². The summed E-state index contributed by atoms with van der Waals surface area (Å²) in [5.74, 6) is 11.8. The first kappa shape index (κ1) is 39.1. The molecule has 0 spiro atoms. The molecule has 0 amide bonds.